The molecule has 0 saturated heterocycles. The molecule has 0 bridgehead atoms. The monoisotopic (exact) mass is 282 g/mol. The molecular formula is C13H15ClN2O3. The summed E-state index contributed by atoms with van der Waals surface area (Å²) >= 11 is 5.79. The van der Waals surface area contributed by atoms with Crippen molar-refractivity contribution >= 4 is 23.2 Å². The third-order valence-corrected chi connectivity index (χ3v) is 3.65. The summed E-state index contributed by atoms with van der Waals surface area (Å²) in [6, 6.07) is 4.24. The molecule has 0 aliphatic heterocycles. The Balaban J connectivity index is 2.06. The van der Waals surface area contributed by atoms with Crippen LogP contribution in [0, 0.1) is 10.1 Å². The van der Waals surface area contributed by atoms with Crippen molar-refractivity contribution in [1.82, 2.24) is 5.32 Å². The number of rotatable bonds is 3. The topological polar surface area (TPSA) is 72.2 Å². The Morgan fingerprint density at radius 2 is 2.00 bits per heavy atom. The molecule has 19 heavy (non-hydrogen) atoms. The van der Waals surface area contributed by atoms with E-state index in [0.717, 1.165) is 25.7 Å². The maximum Gasteiger partial charge on any atom is 0.287 e. The number of hydrogen-bond acceptors (Lipinski definition) is 3. The SMILES string of the molecule is O=C(NC1CCCCC1)c1ccc([N+](=O)[O-])c(Cl)c1. The van der Waals surface area contributed by atoms with Crippen LogP contribution < -0.4 is 5.32 Å². The molecule has 2 rings (SSSR count). The molecule has 1 aromatic carbocycles. The van der Waals surface area contributed by atoms with E-state index in [1.807, 2.05) is 0 Å². The van der Waals surface area contributed by atoms with Crippen LogP contribution in [0.4, 0.5) is 5.69 Å². The van der Waals surface area contributed by atoms with Crippen LogP contribution >= 0.6 is 11.6 Å². The number of benzene rings is 1. The number of hydrogen-bond donors (Lipinski definition) is 1. The van der Waals surface area contributed by atoms with Crippen molar-refractivity contribution in [2.24, 2.45) is 0 Å². The van der Waals surface area contributed by atoms with Crippen LogP contribution in [0.3, 0.4) is 0 Å². The number of carbonyl (C=O) groups is 1. The van der Waals surface area contributed by atoms with E-state index in [2.05, 4.69) is 5.32 Å². The lowest BCUT2D eigenvalue weighted by Crippen LogP contribution is -2.36. The van der Waals surface area contributed by atoms with Crippen LogP contribution in [-0.2, 0) is 0 Å². The second-order valence-corrected chi connectivity index (χ2v) is 5.14. The Hall–Kier alpha value is -1.62. The summed E-state index contributed by atoms with van der Waals surface area (Å²) in [6.07, 6.45) is 5.46. The average molecular weight is 283 g/mol. The van der Waals surface area contributed by atoms with Gasteiger partial charge in [0, 0.05) is 17.7 Å². The second kappa shape index (κ2) is 6.02. The smallest absolute Gasteiger partial charge is 0.287 e. The van der Waals surface area contributed by atoms with Crippen molar-refractivity contribution in [2.75, 3.05) is 0 Å². The first-order valence-electron chi connectivity index (χ1n) is 6.33. The molecule has 0 atom stereocenters. The standard InChI is InChI=1S/C13H15ClN2O3/c14-11-8-9(6-7-12(11)16(18)19)13(17)15-10-4-2-1-3-5-10/h6-8,10H,1-5H2,(H,15,17). The number of halogens is 1. The minimum Gasteiger partial charge on any atom is -0.349 e. The van der Waals surface area contributed by atoms with E-state index in [1.165, 1.54) is 24.6 Å². The highest BCUT2D eigenvalue weighted by Crippen LogP contribution is 2.25. The van der Waals surface area contributed by atoms with Gasteiger partial charge in [-0.2, -0.15) is 0 Å². The predicted octanol–water partition coefficient (Wildman–Crippen LogP) is 3.31. The molecule has 5 nitrogen and oxygen atoms in total. The zero-order valence-corrected chi connectivity index (χ0v) is 11.2. The summed E-state index contributed by atoms with van der Waals surface area (Å²) in [5.41, 5.74) is 0.178. The van der Waals surface area contributed by atoms with E-state index in [1.54, 1.807) is 0 Å². The molecule has 102 valence electrons. The Morgan fingerprint density at radius 1 is 1.32 bits per heavy atom. The number of carbonyl (C=O) groups excluding carboxylic acids is 1. The van der Waals surface area contributed by atoms with Gasteiger partial charge in [0.1, 0.15) is 5.02 Å². The number of amides is 1. The van der Waals surface area contributed by atoms with Gasteiger partial charge >= 0.3 is 0 Å². The maximum atomic E-state index is 12.0. The molecule has 0 spiro atoms. The number of nitro benzene ring substituents is 1. The van der Waals surface area contributed by atoms with Crippen LogP contribution in [0.15, 0.2) is 18.2 Å². The van der Waals surface area contributed by atoms with E-state index < -0.39 is 4.92 Å². The van der Waals surface area contributed by atoms with Gasteiger partial charge in [-0.05, 0) is 25.0 Å². The third-order valence-electron chi connectivity index (χ3n) is 3.35. The van der Waals surface area contributed by atoms with Crippen LogP contribution in [0.2, 0.25) is 5.02 Å². The van der Waals surface area contributed by atoms with E-state index in [4.69, 9.17) is 11.6 Å². The van der Waals surface area contributed by atoms with Gasteiger partial charge in [0.15, 0.2) is 0 Å². The largest absolute Gasteiger partial charge is 0.349 e. The zero-order chi connectivity index (χ0) is 13.8. The fourth-order valence-corrected chi connectivity index (χ4v) is 2.56. The summed E-state index contributed by atoms with van der Waals surface area (Å²) in [5.74, 6) is -0.219. The molecule has 1 aliphatic carbocycles. The molecule has 1 amide bonds. The lowest BCUT2D eigenvalue weighted by Gasteiger charge is -2.22. The fourth-order valence-electron chi connectivity index (χ4n) is 2.31. The van der Waals surface area contributed by atoms with Gasteiger partial charge in [-0.25, -0.2) is 0 Å². The van der Waals surface area contributed by atoms with Gasteiger partial charge in [-0.15, -0.1) is 0 Å². The molecule has 6 heteroatoms. The summed E-state index contributed by atoms with van der Waals surface area (Å²) < 4.78 is 0. The first-order chi connectivity index (χ1) is 9.08. The third kappa shape index (κ3) is 3.44. The minimum absolute atomic E-state index is 0.0127. The van der Waals surface area contributed by atoms with E-state index in [9.17, 15) is 14.9 Å². The van der Waals surface area contributed by atoms with Crippen molar-refractivity contribution in [3.8, 4) is 0 Å². The molecule has 0 heterocycles. The Kier molecular flexibility index (Phi) is 4.37. The number of nitro groups is 1. The summed E-state index contributed by atoms with van der Waals surface area (Å²) in [5, 5.41) is 13.6. The molecule has 1 aromatic rings. The highest BCUT2D eigenvalue weighted by atomic mass is 35.5. The normalized spacial score (nSPS) is 16.1. The lowest BCUT2D eigenvalue weighted by atomic mass is 9.95. The Morgan fingerprint density at radius 3 is 2.58 bits per heavy atom. The minimum atomic E-state index is -0.564. The number of nitrogens with zero attached hydrogens (tertiary/aromatic N) is 1. The molecule has 0 aromatic heterocycles. The molecule has 1 aliphatic rings. The zero-order valence-electron chi connectivity index (χ0n) is 10.4. The van der Waals surface area contributed by atoms with Gasteiger partial charge in [0.25, 0.3) is 11.6 Å². The average Bonchev–Trinajstić information content (AvgIpc) is 2.39. The Bertz CT molecular complexity index is 499. The van der Waals surface area contributed by atoms with E-state index >= 15 is 0 Å². The summed E-state index contributed by atoms with van der Waals surface area (Å²) in [7, 11) is 0. The predicted molar refractivity (Wildman–Crippen MR) is 72.4 cm³/mol. The molecule has 0 unspecified atom stereocenters. The van der Waals surface area contributed by atoms with Crippen molar-refractivity contribution < 1.29 is 9.72 Å². The van der Waals surface area contributed by atoms with Gasteiger partial charge in [-0.3, -0.25) is 14.9 Å². The maximum absolute atomic E-state index is 12.0. The summed E-state index contributed by atoms with van der Waals surface area (Å²) in [6.45, 7) is 0. The number of nitrogens with one attached hydrogen (secondary N) is 1. The molecular weight excluding hydrogens is 268 g/mol. The highest BCUT2D eigenvalue weighted by molar-refractivity contribution is 6.33. The van der Waals surface area contributed by atoms with Gasteiger partial charge < -0.3 is 5.32 Å². The molecule has 1 saturated carbocycles. The van der Waals surface area contributed by atoms with Crippen LogP contribution in [0.5, 0.6) is 0 Å². The lowest BCUT2D eigenvalue weighted by molar-refractivity contribution is -0.384. The van der Waals surface area contributed by atoms with Crippen LogP contribution in [-0.4, -0.2) is 16.9 Å². The second-order valence-electron chi connectivity index (χ2n) is 4.73. The van der Waals surface area contributed by atoms with E-state index in [0.29, 0.717) is 5.56 Å². The van der Waals surface area contributed by atoms with Gasteiger partial charge in [0.05, 0.1) is 4.92 Å². The van der Waals surface area contributed by atoms with Gasteiger partial charge in [-0.1, -0.05) is 30.9 Å². The van der Waals surface area contributed by atoms with Crippen LogP contribution in [0.25, 0.3) is 0 Å². The molecule has 1 fully saturated rings. The quantitative estimate of drug-likeness (QED) is 0.683. The van der Waals surface area contributed by atoms with Crippen LogP contribution in [0.1, 0.15) is 42.5 Å². The van der Waals surface area contributed by atoms with Crippen molar-refractivity contribution in [2.45, 2.75) is 38.1 Å². The first kappa shape index (κ1) is 13.8. The van der Waals surface area contributed by atoms with Crippen molar-refractivity contribution in [3.63, 3.8) is 0 Å². The molecule has 0 radical (unpaired) electrons. The Labute approximate surface area is 116 Å². The van der Waals surface area contributed by atoms with Crippen molar-refractivity contribution in [1.29, 1.82) is 0 Å². The highest BCUT2D eigenvalue weighted by Gasteiger charge is 2.19. The fraction of sp³-hybridized carbons (Fsp3) is 0.462. The molecule has 1 N–H and O–H groups in total. The summed E-state index contributed by atoms with van der Waals surface area (Å²) in [4.78, 5) is 22.1. The van der Waals surface area contributed by atoms with E-state index in [-0.39, 0.29) is 22.7 Å². The van der Waals surface area contributed by atoms with Gasteiger partial charge in [0.2, 0.25) is 0 Å². The van der Waals surface area contributed by atoms with Crippen molar-refractivity contribution in [3.05, 3.63) is 38.9 Å². The first-order valence-corrected chi connectivity index (χ1v) is 6.70.